The SMILES string of the molecule is CCCCCC[C@H](NC1CCCCC1)c1ncc(-c2ccc(-c3ccccc3)cc2)[nH]1. The average Bonchev–Trinajstić information content (AvgIpc) is 3.33. The third kappa shape index (κ3) is 6.07. The Morgan fingerprint density at radius 3 is 2.32 bits per heavy atom. The van der Waals surface area contributed by atoms with E-state index in [1.165, 1.54) is 74.5 Å². The molecule has 0 spiro atoms. The molecule has 1 saturated carbocycles. The molecule has 3 aromatic rings. The van der Waals surface area contributed by atoms with Gasteiger partial charge in [-0.05, 0) is 36.0 Å². The van der Waals surface area contributed by atoms with Crippen molar-refractivity contribution < 1.29 is 0 Å². The van der Waals surface area contributed by atoms with Gasteiger partial charge in [0.25, 0.3) is 0 Å². The molecule has 1 aromatic heterocycles. The predicted molar refractivity (Wildman–Crippen MR) is 131 cm³/mol. The van der Waals surface area contributed by atoms with Gasteiger partial charge in [-0.25, -0.2) is 4.98 Å². The fourth-order valence-electron chi connectivity index (χ4n) is 4.76. The highest BCUT2D eigenvalue weighted by Gasteiger charge is 2.21. The molecular weight excluding hydrogens is 378 g/mol. The maximum atomic E-state index is 4.82. The second kappa shape index (κ2) is 11.3. The van der Waals surface area contributed by atoms with Crippen molar-refractivity contribution in [3.63, 3.8) is 0 Å². The van der Waals surface area contributed by atoms with Gasteiger partial charge >= 0.3 is 0 Å². The minimum absolute atomic E-state index is 0.331. The molecule has 0 unspecified atom stereocenters. The van der Waals surface area contributed by atoms with Gasteiger partial charge < -0.3 is 10.3 Å². The Bertz CT molecular complexity index is 892. The Hall–Kier alpha value is -2.39. The van der Waals surface area contributed by atoms with E-state index in [0.29, 0.717) is 12.1 Å². The van der Waals surface area contributed by atoms with E-state index >= 15 is 0 Å². The van der Waals surface area contributed by atoms with E-state index in [9.17, 15) is 0 Å². The van der Waals surface area contributed by atoms with Crippen molar-refractivity contribution in [1.29, 1.82) is 0 Å². The van der Waals surface area contributed by atoms with Gasteiger partial charge in [0, 0.05) is 6.04 Å². The summed E-state index contributed by atoms with van der Waals surface area (Å²) in [5.41, 5.74) is 4.81. The van der Waals surface area contributed by atoms with Crippen LogP contribution in [0.3, 0.4) is 0 Å². The van der Waals surface area contributed by atoms with Gasteiger partial charge in [-0.1, -0.05) is 106 Å². The molecule has 1 atom stereocenters. The van der Waals surface area contributed by atoms with Crippen LogP contribution in [-0.2, 0) is 0 Å². The second-order valence-corrected chi connectivity index (χ2v) is 9.03. The quantitative estimate of drug-likeness (QED) is 0.333. The van der Waals surface area contributed by atoms with Crippen molar-refractivity contribution in [2.45, 2.75) is 83.2 Å². The summed E-state index contributed by atoms with van der Waals surface area (Å²) >= 11 is 0. The summed E-state index contributed by atoms with van der Waals surface area (Å²) in [5.74, 6) is 1.10. The summed E-state index contributed by atoms with van der Waals surface area (Å²) in [5, 5.41) is 3.95. The summed E-state index contributed by atoms with van der Waals surface area (Å²) in [6.45, 7) is 2.28. The number of unbranched alkanes of at least 4 members (excludes halogenated alkanes) is 3. The maximum absolute atomic E-state index is 4.82. The second-order valence-electron chi connectivity index (χ2n) is 9.03. The molecular formula is C28H37N3. The predicted octanol–water partition coefficient (Wildman–Crippen LogP) is 7.68. The smallest absolute Gasteiger partial charge is 0.123 e. The zero-order chi connectivity index (χ0) is 21.3. The molecule has 0 saturated heterocycles. The zero-order valence-electron chi connectivity index (χ0n) is 18.9. The first-order valence-corrected chi connectivity index (χ1v) is 12.3. The Morgan fingerprint density at radius 2 is 1.58 bits per heavy atom. The summed E-state index contributed by atoms with van der Waals surface area (Å²) < 4.78 is 0. The first-order chi connectivity index (χ1) is 15.3. The molecule has 1 aliphatic carbocycles. The maximum Gasteiger partial charge on any atom is 0.123 e. The van der Waals surface area contributed by atoms with Crippen LogP contribution in [0, 0.1) is 0 Å². The van der Waals surface area contributed by atoms with E-state index in [1.807, 2.05) is 6.20 Å². The van der Waals surface area contributed by atoms with Crippen molar-refractivity contribution >= 4 is 0 Å². The summed E-state index contributed by atoms with van der Waals surface area (Å²) in [6, 6.07) is 20.3. The first kappa shape index (κ1) is 21.8. The van der Waals surface area contributed by atoms with E-state index < -0.39 is 0 Å². The number of nitrogens with zero attached hydrogens (tertiary/aromatic N) is 1. The molecule has 3 heteroatoms. The fourth-order valence-corrected chi connectivity index (χ4v) is 4.76. The van der Waals surface area contributed by atoms with Crippen LogP contribution in [0.15, 0.2) is 60.8 Å². The highest BCUT2D eigenvalue weighted by molar-refractivity contribution is 5.68. The van der Waals surface area contributed by atoms with Gasteiger partial charge in [0.2, 0.25) is 0 Å². The molecule has 0 aliphatic heterocycles. The zero-order valence-corrected chi connectivity index (χ0v) is 18.9. The van der Waals surface area contributed by atoms with Gasteiger partial charge in [0.1, 0.15) is 5.82 Å². The highest BCUT2D eigenvalue weighted by Crippen LogP contribution is 2.27. The van der Waals surface area contributed by atoms with Crippen LogP contribution in [-0.4, -0.2) is 16.0 Å². The third-order valence-corrected chi connectivity index (χ3v) is 6.62. The lowest BCUT2D eigenvalue weighted by Crippen LogP contribution is -2.35. The number of hydrogen-bond donors (Lipinski definition) is 2. The van der Waals surface area contributed by atoms with Crippen LogP contribution in [0.25, 0.3) is 22.4 Å². The summed E-state index contributed by atoms with van der Waals surface area (Å²) in [6.07, 6.45) is 15.1. The van der Waals surface area contributed by atoms with Crippen molar-refractivity contribution in [2.24, 2.45) is 0 Å². The van der Waals surface area contributed by atoms with E-state index in [-0.39, 0.29) is 0 Å². The molecule has 1 aliphatic rings. The number of aromatic nitrogens is 2. The Balaban J connectivity index is 1.46. The van der Waals surface area contributed by atoms with E-state index in [0.717, 1.165) is 17.9 Å². The van der Waals surface area contributed by atoms with Crippen molar-refractivity contribution in [1.82, 2.24) is 15.3 Å². The molecule has 2 aromatic carbocycles. The lowest BCUT2D eigenvalue weighted by molar-refractivity contribution is 0.320. The van der Waals surface area contributed by atoms with Gasteiger partial charge in [0.05, 0.1) is 17.9 Å². The van der Waals surface area contributed by atoms with Crippen molar-refractivity contribution in [2.75, 3.05) is 0 Å². The molecule has 0 amide bonds. The van der Waals surface area contributed by atoms with Crippen LogP contribution in [0.1, 0.15) is 83.0 Å². The van der Waals surface area contributed by atoms with Gasteiger partial charge in [0.15, 0.2) is 0 Å². The van der Waals surface area contributed by atoms with Gasteiger partial charge in [-0.2, -0.15) is 0 Å². The Labute approximate surface area is 187 Å². The van der Waals surface area contributed by atoms with E-state index in [2.05, 4.69) is 71.8 Å². The van der Waals surface area contributed by atoms with Crippen LogP contribution < -0.4 is 5.32 Å². The molecule has 4 rings (SSSR count). The lowest BCUT2D eigenvalue weighted by Gasteiger charge is -2.27. The minimum atomic E-state index is 0.331. The van der Waals surface area contributed by atoms with Crippen molar-refractivity contribution in [3.05, 3.63) is 66.6 Å². The minimum Gasteiger partial charge on any atom is -0.341 e. The van der Waals surface area contributed by atoms with Crippen LogP contribution in [0.2, 0.25) is 0 Å². The summed E-state index contributed by atoms with van der Waals surface area (Å²) in [7, 11) is 0. The number of aromatic amines is 1. The normalized spacial score (nSPS) is 15.8. The molecule has 164 valence electrons. The highest BCUT2D eigenvalue weighted by atomic mass is 15.0. The molecule has 0 bridgehead atoms. The van der Waals surface area contributed by atoms with E-state index in [1.54, 1.807) is 0 Å². The monoisotopic (exact) mass is 415 g/mol. The number of imidazole rings is 1. The third-order valence-electron chi connectivity index (χ3n) is 6.62. The largest absolute Gasteiger partial charge is 0.341 e. The van der Waals surface area contributed by atoms with Crippen LogP contribution in [0.4, 0.5) is 0 Å². The fraction of sp³-hybridized carbons (Fsp3) is 0.464. The molecule has 1 fully saturated rings. The molecule has 1 heterocycles. The van der Waals surface area contributed by atoms with Gasteiger partial charge in [-0.3, -0.25) is 0 Å². The average molecular weight is 416 g/mol. The molecule has 3 nitrogen and oxygen atoms in total. The van der Waals surface area contributed by atoms with Gasteiger partial charge in [-0.15, -0.1) is 0 Å². The van der Waals surface area contributed by atoms with Crippen LogP contribution >= 0.6 is 0 Å². The Kier molecular flexibility index (Phi) is 7.95. The lowest BCUT2D eigenvalue weighted by atomic mass is 9.94. The number of nitrogens with one attached hydrogen (secondary N) is 2. The van der Waals surface area contributed by atoms with E-state index in [4.69, 9.17) is 4.98 Å². The number of rotatable bonds is 10. The first-order valence-electron chi connectivity index (χ1n) is 12.3. The topological polar surface area (TPSA) is 40.7 Å². The Morgan fingerprint density at radius 1 is 0.871 bits per heavy atom. The van der Waals surface area contributed by atoms with Crippen LogP contribution in [0.5, 0.6) is 0 Å². The van der Waals surface area contributed by atoms with Crippen molar-refractivity contribution in [3.8, 4) is 22.4 Å². The number of benzene rings is 2. The molecule has 0 radical (unpaired) electrons. The standard InChI is InChI=1S/C28H37N3/c1-2-3-4-11-16-26(30-25-14-9-6-10-15-25)28-29-21-27(31-28)24-19-17-23(18-20-24)22-12-7-5-8-13-22/h5,7-8,12-13,17-21,25-26,30H,2-4,6,9-11,14-16H2,1H3,(H,29,31)/t26-/m0/s1. The molecule has 31 heavy (non-hydrogen) atoms. The number of H-pyrrole nitrogens is 1. The summed E-state index contributed by atoms with van der Waals surface area (Å²) in [4.78, 5) is 8.47. The number of hydrogen-bond acceptors (Lipinski definition) is 2. The molecule has 2 N–H and O–H groups in total.